The van der Waals surface area contributed by atoms with Gasteiger partial charge in [0.05, 0.1) is 10.2 Å². The monoisotopic (exact) mass is 428 g/mol. The van der Waals surface area contributed by atoms with Crippen molar-refractivity contribution in [3.8, 4) is 0 Å². The Morgan fingerprint density at radius 1 is 1.36 bits per heavy atom. The Hall–Kier alpha value is -1.64. The lowest BCUT2D eigenvalue weighted by Crippen LogP contribution is -2.50. The standard InChI is InChI=1S/C16H19BrClFN6/c1-9-7-25(6-5-24(9)2)11-4-3-10(17)12(19)14(11)23-16-13(20)15(18)21-8-22-16/h3-4,8-9H,5-7,20H2,1-2H3,(H,21,22,23). The van der Waals surface area contributed by atoms with Gasteiger partial charge in [0.25, 0.3) is 0 Å². The minimum Gasteiger partial charge on any atom is -0.393 e. The highest BCUT2D eigenvalue weighted by atomic mass is 79.9. The molecule has 0 bridgehead atoms. The van der Waals surface area contributed by atoms with E-state index in [1.807, 2.05) is 6.07 Å². The number of halogens is 3. The fraction of sp³-hybridized carbons (Fsp3) is 0.375. The summed E-state index contributed by atoms with van der Waals surface area (Å²) in [6, 6.07) is 3.95. The maximum absolute atomic E-state index is 14.8. The van der Waals surface area contributed by atoms with Crippen LogP contribution in [0.4, 0.5) is 27.3 Å². The van der Waals surface area contributed by atoms with E-state index in [9.17, 15) is 4.39 Å². The summed E-state index contributed by atoms with van der Waals surface area (Å²) in [5, 5.41) is 3.12. The zero-order chi connectivity index (χ0) is 18.1. The maximum Gasteiger partial charge on any atom is 0.162 e. The molecule has 2 aromatic rings. The van der Waals surface area contributed by atoms with E-state index in [0.29, 0.717) is 16.2 Å². The first-order chi connectivity index (χ1) is 11.9. The summed E-state index contributed by atoms with van der Waals surface area (Å²) in [6.07, 6.45) is 1.29. The van der Waals surface area contributed by atoms with Crippen molar-refractivity contribution in [3.63, 3.8) is 0 Å². The van der Waals surface area contributed by atoms with Gasteiger partial charge in [-0.15, -0.1) is 0 Å². The molecule has 0 radical (unpaired) electrons. The molecule has 1 aromatic heterocycles. The number of hydrogen-bond acceptors (Lipinski definition) is 6. The molecule has 0 aliphatic carbocycles. The molecule has 1 fully saturated rings. The first-order valence-electron chi connectivity index (χ1n) is 7.84. The molecule has 0 spiro atoms. The summed E-state index contributed by atoms with van der Waals surface area (Å²) < 4.78 is 15.2. The molecule has 3 N–H and O–H groups in total. The molecule has 1 atom stereocenters. The van der Waals surface area contributed by atoms with Gasteiger partial charge in [-0.1, -0.05) is 11.6 Å². The van der Waals surface area contributed by atoms with Gasteiger partial charge in [-0.2, -0.15) is 0 Å². The van der Waals surface area contributed by atoms with Crippen molar-refractivity contribution in [2.75, 3.05) is 42.6 Å². The molecular formula is C16H19BrClFN6. The van der Waals surface area contributed by atoms with E-state index in [2.05, 4.69) is 55.0 Å². The quantitative estimate of drug-likeness (QED) is 0.728. The topological polar surface area (TPSA) is 70.3 Å². The molecule has 6 nitrogen and oxygen atoms in total. The fourth-order valence-corrected chi connectivity index (χ4v) is 3.25. The smallest absolute Gasteiger partial charge is 0.162 e. The molecule has 1 aromatic carbocycles. The Morgan fingerprint density at radius 2 is 2.12 bits per heavy atom. The first kappa shape index (κ1) is 18.2. The SMILES string of the molecule is CC1CN(c2ccc(Br)c(F)c2Nc2ncnc(Cl)c2N)CCN1C. The van der Waals surface area contributed by atoms with Crippen LogP contribution in [0.1, 0.15) is 6.92 Å². The molecule has 134 valence electrons. The summed E-state index contributed by atoms with van der Waals surface area (Å²) in [6.45, 7) is 4.65. The van der Waals surface area contributed by atoms with Gasteiger partial charge in [-0.25, -0.2) is 14.4 Å². The summed E-state index contributed by atoms with van der Waals surface area (Å²) in [5.41, 5.74) is 7.17. The molecule has 0 saturated carbocycles. The van der Waals surface area contributed by atoms with E-state index >= 15 is 0 Å². The number of nitrogens with zero attached hydrogens (tertiary/aromatic N) is 4. The Kier molecular flexibility index (Phi) is 5.31. The summed E-state index contributed by atoms with van der Waals surface area (Å²) in [7, 11) is 2.09. The van der Waals surface area contributed by atoms with Crippen LogP contribution >= 0.6 is 27.5 Å². The molecule has 0 amide bonds. The molecule has 1 aliphatic heterocycles. The molecule has 2 heterocycles. The zero-order valence-electron chi connectivity index (χ0n) is 13.9. The fourth-order valence-electron chi connectivity index (χ4n) is 2.78. The largest absolute Gasteiger partial charge is 0.393 e. The van der Waals surface area contributed by atoms with E-state index in [4.69, 9.17) is 17.3 Å². The van der Waals surface area contributed by atoms with Crippen molar-refractivity contribution in [2.45, 2.75) is 13.0 Å². The molecular weight excluding hydrogens is 411 g/mol. The Balaban J connectivity index is 2.00. The number of likely N-dealkylation sites (N-methyl/N-ethyl adjacent to an activating group) is 1. The van der Waals surface area contributed by atoms with Crippen LogP contribution < -0.4 is 16.0 Å². The van der Waals surface area contributed by atoms with E-state index in [0.717, 1.165) is 25.3 Å². The minimum absolute atomic E-state index is 0.127. The van der Waals surface area contributed by atoms with Crippen LogP contribution in [0.2, 0.25) is 5.15 Å². The second kappa shape index (κ2) is 7.31. The lowest BCUT2D eigenvalue weighted by atomic mass is 10.1. The maximum atomic E-state index is 14.8. The van der Waals surface area contributed by atoms with Gasteiger partial charge in [0.2, 0.25) is 0 Å². The van der Waals surface area contributed by atoms with E-state index in [-0.39, 0.29) is 16.7 Å². The van der Waals surface area contributed by atoms with E-state index in [1.54, 1.807) is 6.07 Å². The minimum atomic E-state index is -0.404. The number of anilines is 4. The third-order valence-corrected chi connectivity index (χ3v) is 5.37. The summed E-state index contributed by atoms with van der Waals surface area (Å²) in [4.78, 5) is 12.3. The lowest BCUT2D eigenvalue weighted by Gasteiger charge is -2.39. The van der Waals surface area contributed by atoms with Gasteiger partial charge >= 0.3 is 0 Å². The molecule has 1 unspecified atom stereocenters. The first-order valence-corrected chi connectivity index (χ1v) is 9.01. The summed E-state index contributed by atoms with van der Waals surface area (Å²) in [5.74, 6) is -0.126. The average molecular weight is 430 g/mol. The molecule has 1 aliphatic rings. The lowest BCUT2D eigenvalue weighted by molar-refractivity contribution is 0.234. The van der Waals surface area contributed by atoms with Gasteiger partial charge in [0.15, 0.2) is 16.8 Å². The molecule has 1 saturated heterocycles. The second-order valence-corrected chi connectivity index (χ2v) is 7.30. The van der Waals surface area contributed by atoms with Crippen LogP contribution in [0.15, 0.2) is 22.9 Å². The highest BCUT2D eigenvalue weighted by Crippen LogP contribution is 2.37. The third-order valence-electron chi connectivity index (χ3n) is 4.45. The van der Waals surface area contributed by atoms with Gasteiger partial charge in [0, 0.05) is 25.7 Å². The predicted molar refractivity (Wildman–Crippen MR) is 103 cm³/mol. The van der Waals surface area contributed by atoms with Gasteiger partial charge in [0.1, 0.15) is 17.7 Å². The highest BCUT2D eigenvalue weighted by molar-refractivity contribution is 9.10. The van der Waals surface area contributed by atoms with Gasteiger partial charge in [-0.05, 0) is 42.0 Å². The van der Waals surface area contributed by atoms with Crippen LogP contribution in [0, 0.1) is 5.82 Å². The number of nitrogens with one attached hydrogen (secondary N) is 1. The number of nitrogens with two attached hydrogens (primary N) is 1. The van der Waals surface area contributed by atoms with Crippen LogP contribution in [-0.4, -0.2) is 47.6 Å². The molecule has 9 heteroatoms. The Morgan fingerprint density at radius 3 is 2.84 bits per heavy atom. The predicted octanol–water partition coefficient (Wildman–Crippen LogP) is 3.50. The Bertz CT molecular complexity index is 789. The van der Waals surface area contributed by atoms with Crippen LogP contribution in [0.3, 0.4) is 0 Å². The highest BCUT2D eigenvalue weighted by Gasteiger charge is 2.25. The number of rotatable bonds is 3. The zero-order valence-corrected chi connectivity index (χ0v) is 16.3. The van der Waals surface area contributed by atoms with Crippen LogP contribution in [-0.2, 0) is 0 Å². The van der Waals surface area contributed by atoms with E-state index in [1.165, 1.54) is 6.33 Å². The van der Waals surface area contributed by atoms with Crippen molar-refractivity contribution in [1.29, 1.82) is 0 Å². The molecule has 25 heavy (non-hydrogen) atoms. The van der Waals surface area contributed by atoms with Crippen molar-refractivity contribution >= 4 is 50.4 Å². The Labute approximate surface area is 159 Å². The van der Waals surface area contributed by atoms with Gasteiger partial charge in [-0.3, -0.25) is 0 Å². The van der Waals surface area contributed by atoms with Crippen LogP contribution in [0.5, 0.6) is 0 Å². The molecule has 3 rings (SSSR count). The average Bonchev–Trinajstić information content (AvgIpc) is 2.58. The second-order valence-electron chi connectivity index (χ2n) is 6.08. The number of nitrogen functional groups attached to an aromatic ring is 1. The van der Waals surface area contributed by atoms with Crippen molar-refractivity contribution in [2.24, 2.45) is 0 Å². The number of hydrogen-bond donors (Lipinski definition) is 2. The van der Waals surface area contributed by atoms with Crippen molar-refractivity contribution in [3.05, 3.63) is 33.9 Å². The van der Waals surface area contributed by atoms with Crippen molar-refractivity contribution in [1.82, 2.24) is 14.9 Å². The van der Waals surface area contributed by atoms with Gasteiger partial charge < -0.3 is 20.9 Å². The number of benzene rings is 1. The normalized spacial score (nSPS) is 18.4. The number of piperazine rings is 1. The number of aromatic nitrogens is 2. The van der Waals surface area contributed by atoms with Crippen molar-refractivity contribution < 1.29 is 4.39 Å². The van der Waals surface area contributed by atoms with E-state index < -0.39 is 5.82 Å². The third kappa shape index (κ3) is 3.65. The van der Waals surface area contributed by atoms with Crippen LogP contribution in [0.25, 0.3) is 0 Å². The summed E-state index contributed by atoms with van der Waals surface area (Å²) >= 11 is 9.18.